The summed E-state index contributed by atoms with van der Waals surface area (Å²) in [6.45, 7) is 3.68. The molecule has 1 unspecified atom stereocenters. The molecule has 106 valence electrons. The molecule has 1 aromatic carbocycles. The van der Waals surface area contributed by atoms with Crippen LogP contribution in [0.3, 0.4) is 0 Å². The van der Waals surface area contributed by atoms with Gasteiger partial charge in [0, 0.05) is 25.1 Å². The highest BCUT2D eigenvalue weighted by atomic mass is 16.3. The fourth-order valence-electron chi connectivity index (χ4n) is 2.86. The second kappa shape index (κ2) is 5.29. The summed E-state index contributed by atoms with van der Waals surface area (Å²) in [7, 11) is 0. The second-order valence-electron chi connectivity index (χ2n) is 5.57. The van der Waals surface area contributed by atoms with Crippen molar-refractivity contribution >= 4 is 16.9 Å². The van der Waals surface area contributed by atoms with E-state index in [4.69, 9.17) is 9.52 Å². The van der Waals surface area contributed by atoms with E-state index in [1.807, 2.05) is 36.1 Å². The first-order valence-electron chi connectivity index (χ1n) is 7.07. The van der Waals surface area contributed by atoms with Crippen LogP contribution in [-0.2, 0) is 0 Å². The van der Waals surface area contributed by atoms with Gasteiger partial charge < -0.3 is 14.4 Å². The standard InChI is InChI=1S/C16H19NO3/c1-11-2-3-14-13(8-11)9-15(20-14)16(19)17-6-4-12(10-17)5-7-18/h2-3,8-9,12,18H,4-7,10H2,1H3. The summed E-state index contributed by atoms with van der Waals surface area (Å²) in [6, 6.07) is 7.73. The molecule has 4 nitrogen and oxygen atoms in total. The number of amides is 1. The number of rotatable bonds is 3. The third-order valence-corrected chi connectivity index (χ3v) is 3.99. The molecule has 1 N–H and O–H groups in total. The van der Waals surface area contributed by atoms with Gasteiger partial charge in [0.25, 0.3) is 5.91 Å². The van der Waals surface area contributed by atoms with Crippen molar-refractivity contribution in [3.8, 4) is 0 Å². The monoisotopic (exact) mass is 273 g/mol. The van der Waals surface area contributed by atoms with Gasteiger partial charge in [-0.15, -0.1) is 0 Å². The highest BCUT2D eigenvalue weighted by Gasteiger charge is 2.28. The van der Waals surface area contributed by atoms with E-state index in [9.17, 15) is 4.79 Å². The number of hydrogen-bond donors (Lipinski definition) is 1. The molecule has 1 aliphatic rings. The van der Waals surface area contributed by atoms with Gasteiger partial charge in [0.15, 0.2) is 5.76 Å². The smallest absolute Gasteiger partial charge is 0.289 e. The zero-order chi connectivity index (χ0) is 14.1. The Morgan fingerprint density at radius 2 is 2.30 bits per heavy atom. The summed E-state index contributed by atoms with van der Waals surface area (Å²) in [5, 5.41) is 9.94. The maximum absolute atomic E-state index is 12.4. The normalized spacial score (nSPS) is 18.9. The second-order valence-corrected chi connectivity index (χ2v) is 5.57. The summed E-state index contributed by atoms with van der Waals surface area (Å²) in [4.78, 5) is 14.2. The van der Waals surface area contributed by atoms with E-state index in [2.05, 4.69) is 0 Å². The van der Waals surface area contributed by atoms with Crippen molar-refractivity contribution in [3.63, 3.8) is 0 Å². The molecule has 1 aliphatic heterocycles. The summed E-state index contributed by atoms with van der Waals surface area (Å²) in [6.07, 6.45) is 1.73. The lowest BCUT2D eigenvalue weighted by atomic mass is 10.1. The molecule has 0 spiro atoms. The van der Waals surface area contributed by atoms with Gasteiger partial charge in [-0.05, 0) is 43.9 Å². The Morgan fingerprint density at radius 1 is 1.45 bits per heavy atom. The zero-order valence-corrected chi connectivity index (χ0v) is 11.6. The first-order valence-corrected chi connectivity index (χ1v) is 7.07. The Hall–Kier alpha value is -1.81. The van der Waals surface area contributed by atoms with Gasteiger partial charge in [-0.1, -0.05) is 11.6 Å². The van der Waals surface area contributed by atoms with Gasteiger partial charge in [0.2, 0.25) is 0 Å². The molecule has 1 atom stereocenters. The molecule has 0 radical (unpaired) electrons. The van der Waals surface area contributed by atoms with Crippen molar-refractivity contribution in [2.45, 2.75) is 19.8 Å². The summed E-state index contributed by atoms with van der Waals surface area (Å²) in [5.41, 5.74) is 1.91. The fraction of sp³-hybridized carbons (Fsp3) is 0.438. The number of aliphatic hydroxyl groups excluding tert-OH is 1. The van der Waals surface area contributed by atoms with Gasteiger partial charge >= 0.3 is 0 Å². The van der Waals surface area contributed by atoms with Crippen molar-refractivity contribution in [2.75, 3.05) is 19.7 Å². The quantitative estimate of drug-likeness (QED) is 0.935. The van der Waals surface area contributed by atoms with Crippen molar-refractivity contribution in [1.29, 1.82) is 0 Å². The molecule has 2 aromatic rings. The number of benzene rings is 1. The van der Waals surface area contributed by atoms with Crippen LogP contribution in [0, 0.1) is 12.8 Å². The molecule has 3 rings (SSSR count). The first-order chi connectivity index (χ1) is 9.67. The van der Waals surface area contributed by atoms with E-state index in [0.717, 1.165) is 42.5 Å². The highest BCUT2D eigenvalue weighted by Crippen LogP contribution is 2.25. The van der Waals surface area contributed by atoms with Gasteiger partial charge in [-0.3, -0.25) is 4.79 Å². The van der Waals surface area contributed by atoms with Crippen LogP contribution >= 0.6 is 0 Å². The van der Waals surface area contributed by atoms with Crippen LogP contribution in [0.4, 0.5) is 0 Å². The lowest BCUT2D eigenvalue weighted by molar-refractivity contribution is 0.0755. The fourth-order valence-corrected chi connectivity index (χ4v) is 2.86. The van der Waals surface area contributed by atoms with Crippen molar-refractivity contribution in [2.24, 2.45) is 5.92 Å². The van der Waals surface area contributed by atoms with Gasteiger partial charge in [-0.25, -0.2) is 0 Å². The minimum Gasteiger partial charge on any atom is -0.451 e. The Balaban J connectivity index is 1.79. The molecule has 4 heteroatoms. The van der Waals surface area contributed by atoms with Crippen molar-refractivity contribution in [3.05, 3.63) is 35.6 Å². The summed E-state index contributed by atoms with van der Waals surface area (Å²) < 4.78 is 5.65. The number of fused-ring (bicyclic) bond motifs is 1. The Morgan fingerprint density at radius 3 is 3.10 bits per heavy atom. The average molecular weight is 273 g/mol. The lowest BCUT2D eigenvalue weighted by Crippen LogP contribution is -2.28. The third kappa shape index (κ3) is 2.43. The zero-order valence-electron chi connectivity index (χ0n) is 11.6. The van der Waals surface area contributed by atoms with E-state index in [-0.39, 0.29) is 12.5 Å². The van der Waals surface area contributed by atoms with Crippen molar-refractivity contribution in [1.82, 2.24) is 4.90 Å². The third-order valence-electron chi connectivity index (χ3n) is 3.99. The Bertz CT molecular complexity index is 632. The molecule has 0 bridgehead atoms. The predicted molar refractivity (Wildman–Crippen MR) is 76.7 cm³/mol. The van der Waals surface area contributed by atoms with Crippen LogP contribution < -0.4 is 0 Å². The molecule has 1 saturated heterocycles. The predicted octanol–water partition coefficient (Wildman–Crippen LogP) is 2.59. The minimum absolute atomic E-state index is 0.0423. The number of aliphatic hydroxyl groups is 1. The molecular weight excluding hydrogens is 254 g/mol. The largest absolute Gasteiger partial charge is 0.451 e. The van der Waals surface area contributed by atoms with Crippen molar-refractivity contribution < 1.29 is 14.3 Å². The number of hydrogen-bond acceptors (Lipinski definition) is 3. The number of aryl methyl sites for hydroxylation is 1. The SMILES string of the molecule is Cc1ccc2oc(C(=O)N3CCC(CCO)C3)cc2c1. The number of furan rings is 1. The lowest BCUT2D eigenvalue weighted by Gasteiger charge is -2.14. The molecule has 1 fully saturated rings. The maximum Gasteiger partial charge on any atom is 0.289 e. The summed E-state index contributed by atoms with van der Waals surface area (Å²) in [5.74, 6) is 0.783. The van der Waals surface area contributed by atoms with Gasteiger partial charge in [0.05, 0.1) is 0 Å². The molecule has 1 amide bonds. The number of carbonyl (C=O) groups excluding carboxylic acids is 1. The van der Waals surface area contributed by atoms with E-state index in [1.54, 1.807) is 0 Å². The van der Waals surface area contributed by atoms with E-state index in [1.165, 1.54) is 0 Å². The number of nitrogens with zero attached hydrogens (tertiary/aromatic N) is 1. The van der Waals surface area contributed by atoms with Crippen LogP contribution in [0.5, 0.6) is 0 Å². The maximum atomic E-state index is 12.4. The van der Waals surface area contributed by atoms with Gasteiger partial charge in [0.1, 0.15) is 5.58 Å². The summed E-state index contributed by atoms with van der Waals surface area (Å²) >= 11 is 0. The number of carbonyl (C=O) groups is 1. The van der Waals surface area contributed by atoms with E-state index >= 15 is 0 Å². The first kappa shape index (κ1) is 13.2. The van der Waals surface area contributed by atoms with Crippen LogP contribution in [0.2, 0.25) is 0 Å². The van der Waals surface area contributed by atoms with Crippen LogP contribution in [0.15, 0.2) is 28.7 Å². The Labute approximate surface area is 118 Å². The van der Waals surface area contributed by atoms with Crippen LogP contribution in [0.25, 0.3) is 11.0 Å². The molecular formula is C16H19NO3. The molecule has 0 saturated carbocycles. The minimum atomic E-state index is -0.0423. The molecule has 20 heavy (non-hydrogen) atoms. The topological polar surface area (TPSA) is 53.7 Å². The number of likely N-dealkylation sites (tertiary alicyclic amines) is 1. The highest BCUT2D eigenvalue weighted by molar-refractivity contribution is 5.96. The van der Waals surface area contributed by atoms with Gasteiger partial charge in [-0.2, -0.15) is 0 Å². The van der Waals surface area contributed by atoms with E-state index < -0.39 is 0 Å². The Kier molecular flexibility index (Phi) is 3.49. The molecule has 1 aromatic heterocycles. The van der Waals surface area contributed by atoms with Crippen LogP contribution in [0.1, 0.15) is 29.0 Å². The average Bonchev–Trinajstić information content (AvgIpc) is 3.04. The van der Waals surface area contributed by atoms with Crippen LogP contribution in [-0.4, -0.2) is 35.6 Å². The molecule has 2 heterocycles. The van der Waals surface area contributed by atoms with E-state index in [0.29, 0.717) is 11.7 Å². The molecule has 0 aliphatic carbocycles.